The van der Waals surface area contributed by atoms with Crippen molar-refractivity contribution < 1.29 is 4.74 Å². The number of nitrogens with zero attached hydrogens (tertiary/aromatic N) is 2. The average Bonchev–Trinajstić information content (AvgIpc) is 2.70. The largest absolute Gasteiger partial charge is 0.385 e. The van der Waals surface area contributed by atoms with Crippen LogP contribution in [0.5, 0.6) is 0 Å². The van der Waals surface area contributed by atoms with E-state index in [-0.39, 0.29) is 0 Å². The number of methoxy groups -OCH3 is 1. The van der Waals surface area contributed by atoms with Crippen molar-refractivity contribution in [2.75, 3.05) is 20.3 Å². The normalized spacial score (nSPS) is 13.0. The fourth-order valence-electron chi connectivity index (χ4n) is 1.36. The Hall–Kier alpha value is -0.520. The Morgan fingerprint density at radius 3 is 3.07 bits per heavy atom. The molecular formula is C9H17N3OS. The topological polar surface area (TPSA) is 47.0 Å². The third-order valence-corrected chi connectivity index (χ3v) is 2.55. The first-order chi connectivity index (χ1) is 6.88. The van der Waals surface area contributed by atoms with Gasteiger partial charge in [0, 0.05) is 19.1 Å². The number of rotatable bonds is 7. The second-order valence-corrected chi connectivity index (χ2v) is 3.68. The molecule has 0 amide bonds. The van der Waals surface area contributed by atoms with Crippen LogP contribution in [0.2, 0.25) is 0 Å². The zero-order chi connectivity index (χ0) is 10.2. The molecule has 0 aliphatic heterocycles. The third kappa shape index (κ3) is 3.69. The van der Waals surface area contributed by atoms with Gasteiger partial charge in [-0.15, -0.1) is 5.10 Å². The average molecular weight is 215 g/mol. The van der Waals surface area contributed by atoms with Gasteiger partial charge in [0.05, 0.1) is 11.7 Å². The lowest BCUT2D eigenvalue weighted by atomic mass is 10.1. The SMILES string of the molecule is CCNC(CCCOC)c1csnn1. The molecule has 1 rings (SSSR count). The van der Waals surface area contributed by atoms with E-state index in [0.717, 1.165) is 31.7 Å². The van der Waals surface area contributed by atoms with Gasteiger partial charge in [-0.2, -0.15) is 0 Å². The lowest BCUT2D eigenvalue weighted by Gasteiger charge is -2.14. The first-order valence-corrected chi connectivity index (χ1v) is 5.71. The van der Waals surface area contributed by atoms with Crippen LogP contribution >= 0.6 is 11.5 Å². The lowest BCUT2D eigenvalue weighted by Crippen LogP contribution is -2.21. The minimum absolute atomic E-state index is 0.328. The molecule has 0 saturated carbocycles. The molecule has 1 heterocycles. The highest BCUT2D eigenvalue weighted by atomic mass is 32.1. The van der Waals surface area contributed by atoms with Crippen LogP contribution in [0.25, 0.3) is 0 Å². The zero-order valence-corrected chi connectivity index (χ0v) is 9.51. The van der Waals surface area contributed by atoms with Crippen LogP contribution in [0.3, 0.4) is 0 Å². The van der Waals surface area contributed by atoms with E-state index in [1.54, 1.807) is 7.11 Å². The van der Waals surface area contributed by atoms with Crippen molar-refractivity contribution in [3.63, 3.8) is 0 Å². The molecule has 0 fully saturated rings. The van der Waals surface area contributed by atoms with Crippen LogP contribution in [0.1, 0.15) is 31.5 Å². The Labute approximate surface area is 88.8 Å². The maximum absolute atomic E-state index is 5.03. The molecule has 1 aromatic rings. The van der Waals surface area contributed by atoms with Crippen LogP contribution in [0.4, 0.5) is 0 Å². The van der Waals surface area contributed by atoms with Gasteiger partial charge in [-0.3, -0.25) is 0 Å². The molecule has 1 N–H and O–H groups in total. The molecule has 14 heavy (non-hydrogen) atoms. The van der Waals surface area contributed by atoms with E-state index in [1.165, 1.54) is 11.5 Å². The highest BCUT2D eigenvalue weighted by Crippen LogP contribution is 2.16. The molecule has 0 aromatic carbocycles. The molecule has 0 spiro atoms. The van der Waals surface area contributed by atoms with Crippen molar-refractivity contribution in [2.45, 2.75) is 25.8 Å². The van der Waals surface area contributed by atoms with Gasteiger partial charge in [0.1, 0.15) is 0 Å². The number of nitrogens with one attached hydrogen (secondary N) is 1. The highest BCUT2D eigenvalue weighted by Gasteiger charge is 2.12. The van der Waals surface area contributed by atoms with Gasteiger partial charge < -0.3 is 10.1 Å². The highest BCUT2D eigenvalue weighted by molar-refractivity contribution is 7.03. The summed E-state index contributed by atoms with van der Waals surface area (Å²) in [5.41, 5.74) is 1.05. The van der Waals surface area contributed by atoms with Crippen LogP contribution in [-0.4, -0.2) is 29.8 Å². The van der Waals surface area contributed by atoms with Crippen LogP contribution in [0, 0.1) is 0 Å². The Morgan fingerprint density at radius 2 is 2.50 bits per heavy atom. The standard InChI is InChI=1S/C9H17N3OS/c1-3-10-8(5-4-6-13-2)9-7-14-12-11-9/h7-8,10H,3-6H2,1-2H3. The molecule has 0 aliphatic carbocycles. The van der Waals surface area contributed by atoms with Crippen LogP contribution in [0.15, 0.2) is 5.38 Å². The van der Waals surface area contributed by atoms with E-state index in [9.17, 15) is 0 Å². The van der Waals surface area contributed by atoms with Crippen molar-refractivity contribution in [1.82, 2.24) is 14.9 Å². The van der Waals surface area contributed by atoms with E-state index in [0.29, 0.717) is 6.04 Å². The maximum Gasteiger partial charge on any atom is 0.0924 e. The second-order valence-electron chi connectivity index (χ2n) is 3.08. The molecule has 0 aliphatic rings. The summed E-state index contributed by atoms with van der Waals surface area (Å²) in [6, 6.07) is 0.328. The number of hydrogen-bond acceptors (Lipinski definition) is 5. The molecular weight excluding hydrogens is 198 g/mol. The number of aromatic nitrogens is 2. The molecule has 1 atom stereocenters. The predicted molar refractivity (Wildman–Crippen MR) is 57.4 cm³/mol. The van der Waals surface area contributed by atoms with E-state index < -0.39 is 0 Å². The van der Waals surface area contributed by atoms with Crippen molar-refractivity contribution in [3.05, 3.63) is 11.1 Å². The maximum atomic E-state index is 5.03. The minimum Gasteiger partial charge on any atom is -0.385 e. The first-order valence-electron chi connectivity index (χ1n) is 4.87. The van der Waals surface area contributed by atoms with Gasteiger partial charge in [0.15, 0.2) is 0 Å². The van der Waals surface area contributed by atoms with Gasteiger partial charge in [-0.1, -0.05) is 11.4 Å². The predicted octanol–water partition coefficient (Wildman–Crippen LogP) is 1.62. The Bertz CT molecular complexity index is 228. The van der Waals surface area contributed by atoms with E-state index in [2.05, 4.69) is 21.8 Å². The zero-order valence-electron chi connectivity index (χ0n) is 8.69. The molecule has 80 valence electrons. The Kier molecular flexibility index (Phi) is 5.66. The van der Waals surface area contributed by atoms with Crippen LogP contribution in [-0.2, 0) is 4.74 Å². The van der Waals surface area contributed by atoms with Gasteiger partial charge >= 0.3 is 0 Å². The fourth-order valence-corrected chi connectivity index (χ4v) is 1.86. The summed E-state index contributed by atoms with van der Waals surface area (Å²) in [7, 11) is 1.73. The van der Waals surface area contributed by atoms with Crippen molar-refractivity contribution in [3.8, 4) is 0 Å². The van der Waals surface area contributed by atoms with Crippen molar-refractivity contribution in [1.29, 1.82) is 0 Å². The van der Waals surface area contributed by atoms with Gasteiger partial charge in [0.25, 0.3) is 0 Å². The molecule has 0 bridgehead atoms. The van der Waals surface area contributed by atoms with Crippen molar-refractivity contribution in [2.24, 2.45) is 0 Å². The lowest BCUT2D eigenvalue weighted by molar-refractivity contribution is 0.188. The van der Waals surface area contributed by atoms with E-state index in [4.69, 9.17) is 4.74 Å². The smallest absolute Gasteiger partial charge is 0.0924 e. The second kappa shape index (κ2) is 6.86. The third-order valence-electron chi connectivity index (χ3n) is 2.03. The Balaban J connectivity index is 2.39. The summed E-state index contributed by atoms with van der Waals surface area (Å²) in [5, 5.41) is 9.47. The van der Waals surface area contributed by atoms with Crippen LogP contribution < -0.4 is 5.32 Å². The molecule has 1 unspecified atom stereocenters. The molecule has 0 radical (unpaired) electrons. The Morgan fingerprint density at radius 1 is 1.64 bits per heavy atom. The summed E-state index contributed by atoms with van der Waals surface area (Å²) < 4.78 is 8.90. The molecule has 5 heteroatoms. The fraction of sp³-hybridized carbons (Fsp3) is 0.778. The summed E-state index contributed by atoms with van der Waals surface area (Å²) in [4.78, 5) is 0. The summed E-state index contributed by atoms with van der Waals surface area (Å²) in [6.45, 7) is 3.86. The van der Waals surface area contributed by atoms with Gasteiger partial charge in [0.2, 0.25) is 0 Å². The molecule has 4 nitrogen and oxygen atoms in total. The van der Waals surface area contributed by atoms with Crippen molar-refractivity contribution >= 4 is 11.5 Å². The molecule has 0 saturated heterocycles. The number of hydrogen-bond donors (Lipinski definition) is 1. The monoisotopic (exact) mass is 215 g/mol. The first kappa shape index (κ1) is 11.6. The minimum atomic E-state index is 0.328. The quantitative estimate of drug-likeness (QED) is 0.702. The number of ether oxygens (including phenoxy) is 1. The summed E-state index contributed by atoms with van der Waals surface area (Å²) >= 11 is 1.40. The summed E-state index contributed by atoms with van der Waals surface area (Å²) in [5.74, 6) is 0. The van der Waals surface area contributed by atoms with E-state index >= 15 is 0 Å². The summed E-state index contributed by atoms with van der Waals surface area (Å²) in [6.07, 6.45) is 2.10. The molecule has 1 aromatic heterocycles. The van der Waals surface area contributed by atoms with Gasteiger partial charge in [-0.25, -0.2) is 0 Å². The van der Waals surface area contributed by atoms with E-state index in [1.807, 2.05) is 5.38 Å². The van der Waals surface area contributed by atoms with Gasteiger partial charge in [-0.05, 0) is 30.9 Å².